The summed E-state index contributed by atoms with van der Waals surface area (Å²) < 4.78 is 0. The number of nitrogens with zero attached hydrogens (tertiary/aromatic N) is 1. The zero-order valence-electron chi connectivity index (χ0n) is 9.93. The van der Waals surface area contributed by atoms with Crippen LogP contribution in [0, 0.1) is 0 Å². The second-order valence-corrected chi connectivity index (χ2v) is 4.68. The van der Waals surface area contributed by atoms with Crippen molar-refractivity contribution in [3.63, 3.8) is 0 Å². The molecule has 1 aromatic rings. The smallest absolute Gasteiger partial charge is 0.103 e. The van der Waals surface area contributed by atoms with Gasteiger partial charge in [-0.15, -0.1) is 0 Å². The fraction of sp³-hybridized carbons (Fsp3) is 0.429. The average molecular weight is 217 g/mol. The molecule has 1 N–H and O–H groups in total. The molecule has 1 heterocycles. The van der Waals surface area contributed by atoms with Gasteiger partial charge in [0.05, 0.1) is 0 Å². The number of hydrogen-bond donors (Lipinski definition) is 1. The highest BCUT2D eigenvalue weighted by atomic mass is 16.3. The highest BCUT2D eigenvalue weighted by molar-refractivity contribution is 5.24. The Morgan fingerprint density at radius 2 is 1.94 bits per heavy atom. The zero-order chi connectivity index (χ0) is 11.6. The predicted molar refractivity (Wildman–Crippen MR) is 66.2 cm³/mol. The van der Waals surface area contributed by atoms with Crippen molar-refractivity contribution < 1.29 is 5.11 Å². The van der Waals surface area contributed by atoms with Crippen molar-refractivity contribution in [2.24, 2.45) is 0 Å². The fourth-order valence-corrected chi connectivity index (χ4v) is 2.40. The van der Waals surface area contributed by atoms with E-state index in [1.807, 2.05) is 37.3 Å². The van der Waals surface area contributed by atoms with Gasteiger partial charge in [-0.25, -0.2) is 0 Å². The van der Waals surface area contributed by atoms with E-state index >= 15 is 0 Å². The van der Waals surface area contributed by atoms with E-state index in [1.54, 1.807) is 0 Å². The quantitative estimate of drug-likeness (QED) is 0.767. The lowest BCUT2D eigenvalue weighted by molar-refractivity contribution is -0.0286. The molecule has 16 heavy (non-hydrogen) atoms. The van der Waals surface area contributed by atoms with Crippen molar-refractivity contribution >= 4 is 0 Å². The molecule has 0 spiro atoms. The van der Waals surface area contributed by atoms with E-state index in [-0.39, 0.29) is 6.04 Å². The molecular weight excluding hydrogens is 198 g/mol. The van der Waals surface area contributed by atoms with Crippen LogP contribution in [0.25, 0.3) is 0 Å². The first-order valence-corrected chi connectivity index (χ1v) is 5.75. The van der Waals surface area contributed by atoms with Crippen LogP contribution < -0.4 is 0 Å². The Balaban J connectivity index is 2.28. The van der Waals surface area contributed by atoms with Crippen molar-refractivity contribution in [3.05, 3.63) is 48.0 Å². The molecule has 0 unspecified atom stereocenters. The van der Waals surface area contributed by atoms with Crippen LogP contribution in [0.15, 0.2) is 42.5 Å². The molecule has 86 valence electrons. The predicted octanol–water partition coefficient (Wildman–Crippen LogP) is 2.15. The van der Waals surface area contributed by atoms with Crippen molar-refractivity contribution in [2.45, 2.75) is 25.0 Å². The monoisotopic (exact) mass is 217 g/mol. The van der Waals surface area contributed by atoms with Gasteiger partial charge in [-0.2, -0.15) is 0 Å². The first-order valence-electron chi connectivity index (χ1n) is 5.75. The van der Waals surface area contributed by atoms with E-state index in [2.05, 4.69) is 24.1 Å². The van der Waals surface area contributed by atoms with Crippen LogP contribution >= 0.6 is 0 Å². The van der Waals surface area contributed by atoms with Gasteiger partial charge in [0.15, 0.2) is 0 Å². The Hall–Kier alpha value is -1.12. The number of benzene rings is 1. The van der Waals surface area contributed by atoms with Gasteiger partial charge in [0.25, 0.3) is 0 Å². The lowest BCUT2D eigenvalue weighted by Crippen LogP contribution is -2.48. The Labute approximate surface area is 97.2 Å². The third-order valence-electron chi connectivity index (χ3n) is 3.46. The molecule has 0 saturated heterocycles. The van der Waals surface area contributed by atoms with E-state index in [0.717, 1.165) is 18.5 Å². The molecule has 1 aliphatic rings. The van der Waals surface area contributed by atoms with Gasteiger partial charge >= 0.3 is 0 Å². The molecule has 1 aliphatic heterocycles. The minimum Gasteiger partial charge on any atom is -0.384 e. The summed E-state index contributed by atoms with van der Waals surface area (Å²) in [5.41, 5.74) is 0.197. The first-order chi connectivity index (χ1) is 7.62. The van der Waals surface area contributed by atoms with Crippen molar-refractivity contribution in [1.29, 1.82) is 0 Å². The lowest BCUT2D eigenvalue weighted by atomic mass is 9.84. The van der Waals surface area contributed by atoms with Gasteiger partial charge in [-0.05, 0) is 26.0 Å². The maximum atomic E-state index is 10.7. The van der Waals surface area contributed by atoms with Crippen LogP contribution in [0.2, 0.25) is 0 Å². The van der Waals surface area contributed by atoms with Crippen LogP contribution in [0.4, 0.5) is 0 Å². The molecule has 2 nitrogen and oxygen atoms in total. The highest BCUT2D eigenvalue weighted by Gasteiger charge is 2.36. The number of hydrogen-bond acceptors (Lipinski definition) is 2. The summed E-state index contributed by atoms with van der Waals surface area (Å²) in [5.74, 6) is 0. The molecule has 2 atom stereocenters. The van der Waals surface area contributed by atoms with Crippen LogP contribution in [-0.4, -0.2) is 29.6 Å². The summed E-state index contributed by atoms with van der Waals surface area (Å²) in [5, 5.41) is 10.7. The summed E-state index contributed by atoms with van der Waals surface area (Å²) in [6.45, 7) is 2.82. The normalized spacial score (nSPS) is 25.3. The fourth-order valence-electron chi connectivity index (χ4n) is 2.40. The summed E-state index contributed by atoms with van der Waals surface area (Å²) in [6.07, 6.45) is 5.21. The van der Waals surface area contributed by atoms with Gasteiger partial charge in [-0.3, -0.25) is 4.90 Å². The number of rotatable bonds is 2. The summed E-state index contributed by atoms with van der Waals surface area (Å²) >= 11 is 0. The largest absolute Gasteiger partial charge is 0.384 e. The molecule has 0 radical (unpaired) electrons. The number of likely N-dealkylation sites (N-methyl/N-ethyl adjacent to an activating group) is 1. The van der Waals surface area contributed by atoms with E-state index in [9.17, 15) is 5.11 Å². The second-order valence-electron chi connectivity index (χ2n) is 4.68. The minimum absolute atomic E-state index is 0.153. The zero-order valence-corrected chi connectivity index (χ0v) is 9.93. The Kier molecular flexibility index (Phi) is 3.13. The molecule has 1 aromatic carbocycles. The first kappa shape index (κ1) is 11.4. The van der Waals surface area contributed by atoms with E-state index in [4.69, 9.17) is 0 Å². The highest BCUT2D eigenvalue weighted by Crippen LogP contribution is 2.30. The van der Waals surface area contributed by atoms with Gasteiger partial charge < -0.3 is 5.11 Å². The summed E-state index contributed by atoms with van der Waals surface area (Å²) in [6, 6.07) is 10.1. The third kappa shape index (κ3) is 2.04. The van der Waals surface area contributed by atoms with Gasteiger partial charge in [-0.1, -0.05) is 42.5 Å². The van der Waals surface area contributed by atoms with Crippen molar-refractivity contribution in [1.82, 2.24) is 4.90 Å². The summed E-state index contributed by atoms with van der Waals surface area (Å²) in [4.78, 5) is 2.20. The molecule has 2 rings (SSSR count). The third-order valence-corrected chi connectivity index (χ3v) is 3.46. The SMILES string of the molecule is CN1CC=CC[C@H]1[C@@](C)(O)c1ccccc1. The number of aliphatic hydroxyl groups is 1. The molecule has 0 aliphatic carbocycles. The molecule has 0 fully saturated rings. The molecular formula is C14H19NO. The van der Waals surface area contributed by atoms with Crippen LogP contribution in [-0.2, 0) is 5.60 Å². The topological polar surface area (TPSA) is 23.5 Å². The lowest BCUT2D eigenvalue weighted by Gasteiger charge is -2.40. The molecule has 0 amide bonds. The van der Waals surface area contributed by atoms with E-state index in [0.29, 0.717) is 0 Å². The van der Waals surface area contributed by atoms with Crippen LogP contribution in [0.1, 0.15) is 18.9 Å². The van der Waals surface area contributed by atoms with Gasteiger partial charge in [0.2, 0.25) is 0 Å². The van der Waals surface area contributed by atoms with Crippen LogP contribution in [0.5, 0.6) is 0 Å². The maximum Gasteiger partial charge on any atom is 0.103 e. The Morgan fingerprint density at radius 1 is 1.25 bits per heavy atom. The van der Waals surface area contributed by atoms with Crippen molar-refractivity contribution in [2.75, 3.05) is 13.6 Å². The molecule has 0 bridgehead atoms. The molecule has 2 heteroatoms. The van der Waals surface area contributed by atoms with Gasteiger partial charge in [0.1, 0.15) is 5.60 Å². The van der Waals surface area contributed by atoms with Crippen LogP contribution in [0.3, 0.4) is 0 Å². The molecule has 0 saturated carbocycles. The Morgan fingerprint density at radius 3 is 2.56 bits per heavy atom. The van der Waals surface area contributed by atoms with Gasteiger partial charge in [0, 0.05) is 12.6 Å². The Bertz CT molecular complexity index is 370. The second kappa shape index (κ2) is 4.40. The molecule has 0 aromatic heterocycles. The maximum absolute atomic E-state index is 10.7. The van der Waals surface area contributed by atoms with E-state index in [1.165, 1.54) is 0 Å². The minimum atomic E-state index is -0.791. The van der Waals surface area contributed by atoms with E-state index < -0.39 is 5.60 Å². The average Bonchev–Trinajstić information content (AvgIpc) is 2.30. The summed E-state index contributed by atoms with van der Waals surface area (Å²) in [7, 11) is 2.06. The van der Waals surface area contributed by atoms with Crippen molar-refractivity contribution in [3.8, 4) is 0 Å². The standard InChI is InChI=1S/C14H19NO/c1-14(16,12-8-4-3-5-9-12)13-10-6-7-11-15(13)2/h3-9,13,16H,10-11H2,1-2H3/t13-,14-/m0/s1.